The van der Waals surface area contributed by atoms with Gasteiger partial charge in [-0.1, -0.05) is 12.5 Å². The van der Waals surface area contributed by atoms with E-state index in [0.717, 1.165) is 30.8 Å². The van der Waals surface area contributed by atoms with Crippen LogP contribution in [0.3, 0.4) is 0 Å². The first-order valence-corrected chi connectivity index (χ1v) is 8.13. The summed E-state index contributed by atoms with van der Waals surface area (Å²) < 4.78 is 13.6. The molecule has 1 aromatic rings. The molecule has 3 rings (SSSR count). The third-order valence-electron chi connectivity index (χ3n) is 5.13. The Morgan fingerprint density at radius 2 is 2.14 bits per heavy atom. The van der Waals surface area contributed by atoms with Gasteiger partial charge in [-0.2, -0.15) is 0 Å². The highest BCUT2D eigenvalue weighted by molar-refractivity contribution is 5.30. The Kier molecular flexibility index (Phi) is 4.57. The third-order valence-corrected chi connectivity index (χ3v) is 5.13. The molecule has 0 radical (unpaired) electrons. The van der Waals surface area contributed by atoms with Gasteiger partial charge >= 0.3 is 0 Å². The molecule has 0 bridgehead atoms. The van der Waals surface area contributed by atoms with Gasteiger partial charge in [0.1, 0.15) is 5.82 Å². The first kappa shape index (κ1) is 14.9. The second kappa shape index (κ2) is 6.42. The zero-order valence-electron chi connectivity index (χ0n) is 12.9. The van der Waals surface area contributed by atoms with E-state index in [1.54, 1.807) is 6.07 Å². The van der Waals surface area contributed by atoms with Gasteiger partial charge in [0.05, 0.1) is 0 Å². The number of piperidine rings is 1. The van der Waals surface area contributed by atoms with Gasteiger partial charge in [0.2, 0.25) is 0 Å². The fourth-order valence-corrected chi connectivity index (χ4v) is 3.91. The van der Waals surface area contributed by atoms with E-state index in [4.69, 9.17) is 5.73 Å². The predicted molar refractivity (Wildman–Crippen MR) is 83.7 cm³/mol. The Bertz CT molecular complexity index is 491. The first-order valence-electron chi connectivity index (χ1n) is 8.13. The number of hydrogen-bond donors (Lipinski definition) is 1. The van der Waals surface area contributed by atoms with Crippen LogP contribution in [0.4, 0.5) is 4.39 Å². The number of benzene rings is 1. The number of rotatable bonds is 3. The Labute approximate surface area is 126 Å². The molecule has 2 unspecified atom stereocenters. The summed E-state index contributed by atoms with van der Waals surface area (Å²) in [6.07, 6.45) is 3.96. The lowest BCUT2D eigenvalue weighted by atomic mass is 9.95. The largest absolute Gasteiger partial charge is 0.329 e. The molecule has 3 nitrogen and oxygen atoms in total. The van der Waals surface area contributed by atoms with Crippen molar-refractivity contribution >= 4 is 0 Å². The van der Waals surface area contributed by atoms with Gasteiger partial charge in [0.25, 0.3) is 0 Å². The maximum Gasteiger partial charge on any atom is 0.123 e. The average molecular weight is 291 g/mol. The molecule has 116 valence electrons. The average Bonchev–Trinajstić information content (AvgIpc) is 2.51. The maximum absolute atomic E-state index is 13.6. The third kappa shape index (κ3) is 3.12. The van der Waals surface area contributed by atoms with Gasteiger partial charge in [0, 0.05) is 38.3 Å². The van der Waals surface area contributed by atoms with Crippen molar-refractivity contribution in [3.8, 4) is 0 Å². The lowest BCUT2D eigenvalue weighted by molar-refractivity contribution is 0.0284. The number of nitrogens with zero attached hydrogens (tertiary/aromatic N) is 2. The molecule has 21 heavy (non-hydrogen) atoms. The Morgan fingerprint density at radius 3 is 2.95 bits per heavy atom. The highest BCUT2D eigenvalue weighted by Crippen LogP contribution is 2.29. The summed E-state index contributed by atoms with van der Waals surface area (Å²) >= 11 is 0. The number of aryl methyl sites for hydroxylation is 1. The van der Waals surface area contributed by atoms with Crippen LogP contribution in [0.5, 0.6) is 0 Å². The summed E-state index contributed by atoms with van der Waals surface area (Å²) in [6.45, 7) is 7.07. The molecule has 2 fully saturated rings. The number of hydrogen-bond acceptors (Lipinski definition) is 3. The summed E-state index contributed by atoms with van der Waals surface area (Å²) in [5.74, 6) is -0.162. The minimum Gasteiger partial charge on any atom is -0.329 e. The molecule has 0 saturated carbocycles. The van der Waals surface area contributed by atoms with Gasteiger partial charge in [-0.05, 0) is 49.6 Å². The maximum atomic E-state index is 13.6. The second-order valence-corrected chi connectivity index (χ2v) is 6.43. The van der Waals surface area contributed by atoms with Crippen LogP contribution in [0.1, 0.15) is 36.4 Å². The second-order valence-electron chi connectivity index (χ2n) is 6.43. The van der Waals surface area contributed by atoms with E-state index in [9.17, 15) is 4.39 Å². The quantitative estimate of drug-likeness (QED) is 0.927. The van der Waals surface area contributed by atoms with Crippen LogP contribution in [0.15, 0.2) is 18.2 Å². The number of nitrogens with two attached hydrogens (primary N) is 1. The molecule has 0 aromatic heterocycles. The van der Waals surface area contributed by atoms with Gasteiger partial charge in [0.15, 0.2) is 0 Å². The van der Waals surface area contributed by atoms with Crippen LogP contribution < -0.4 is 5.73 Å². The SMILES string of the molecule is Cc1ccc(F)cc1C(CN)N1CCN2CCCCC2C1. The molecule has 2 atom stereocenters. The lowest BCUT2D eigenvalue weighted by Crippen LogP contribution is -2.56. The van der Waals surface area contributed by atoms with Crippen molar-refractivity contribution in [2.75, 3.05) is 32.7 Å². The van der Waals surface area contributed by atoms with Crippen LogP contribution in [0.2, 0.25) is 0 Å². The van der Waals surface area contributed by atoms with E-state index in [2.05, 4.69) is 9.80 Å². The zero-order valence-corrected chi connectivity index (χ0v) is 12.9. The van der Waals surface area contributed by atoms with E-state index in [1.165, 1.54) is 31.9 Å². The van der Waals surface area contributed by atoms with E-state index in [1.807, 2.05) is 13.0 Å². The minimum absolute atomic E-state index is 0.143. The van der Waals surface area contributed by atoms with Crippen molar-refractivity contribution in [1.82, 2.24) is 9.80 Å². The molecule has 0 amide bonds. The molecule has 2 saturated heterocycles. The summed E-state index contributed by atoms with van der Waals surface area (Å²) in [5.41, 5.74) is 8.24. The predicted octanol–water partition coefficient (Wildman–Crippen LogP) is 2.30. The van der Waals surface area contributed by atoms with Gasteiger partial charge in [-0.3, -0.25) is 9.80 Å². The van der Waals surface area contributed by atoms with Crippen molar-refractivity contribution < 1.29 is 4.39 Å². The van der Waals surface area contributed by atoms with Crippen molar-refractivity contribution in [3.63, 3.8) is 0 Å². The standard InChI is InChI=1S/C17H26FN3/c1-13-5-6-14(18)10-16(13)17(11-19)21-9-8-20-7-3-2-4-15(20)12-21/h5-6,10,15,17H,2-4,7-9,11-12,19H2,1H3. The van der Waals surface area contributed by atoms with Crippen LogP contribution in [-0.4, -0.2) is 48.6 Å². The molecule has 2 aliphatic rings. The van der Waals surface area contributed by atoms with Crippen LogP contribution in [-0.2, 0) is 0 Å². The normalized spacial score (nSPS) is 25.6. The molecule has 0 aliphatic carbocycles. The molecular weight excluding hydrogens is 265 g/mol. The fraction of sp³-hybridized carbons (Fsp3) is 0.647. The monoisotopic (exact) mass is 291 g/mol. The molecule has 2 aliphatic heterocycles. The fourth-order valence-electron chi connectivity index (χ4n) is 3.91. The number of piperazine rings is 1. The summed E-state index contributed by atoms with van der Waals surface area (Å²) in [5, 5.41) is 0. The Morgan fingerprint density at radius 1 is 1.29 bits per heavy atom. The van der Waals surface area contributed by atoms with Crippen molar-refractivity contribution in [2.24, 2.45) is 5.73 Å². The Balaban J connectivity index is 1.78. The topological polar surface area (TPSA) is 32.5 Å². The first-order chi connectivity index (χ1) is 10.2. The van der Waals surface area contributed by atoms with E-state index in [-0.39, 0.29) is 11.9 Å². The van der Waals surface area contributed by atoms with Crippen LogP contribution >= 0.6 is 0 Å². The van der Waals surface area contributed by atoms with Gasteiger partial charge in [-0.15, -0.1) is 0 Å². The number of halogens is 1. The van der Waals surface area contributed by atoms with E-state index < -0.39 is 0 Å². The van der Waals surface area contributed by atoms with Crippen molar-refractivity contribution in [3.05, 3.63) is 35.1 Å². The van der Waals surface area contributed by atoms with Gasteiger partial charge < -0.3 is 5.73 Å². The number of fused-ring (bicyclic) bond motifs is 1. The highest BCUT2D eigenvalue weighted by atomic mass is 19.1. The van der Waals surface area contributed by atoms with E-state index in [0.29, 0.717) is 12.6 Å². The summed E-state index contributed by atoms with van der Waals surface area (Å²) in [4.78, 5) is 5.08. The Hall–Kier alpha value is -0.970. The van der Waals surface area contributed by atoms with E-state index >= 15 is 0 Å². The smallest absolute Gasteiger partial charge is 0.123 e. The minimum atomic E-state index is -0.162. The molecule has 4 heteroatoms. The highest BCUT2D eigenvalue weighted by Gasteiger charge is 2.32. The van der Waals surface area contributed by atoms with Crippen molar-refractivity contribution in [2.45, 2.75) is 38.3 Å². The molecule has 1 aromatic carbocycles. The summed E-state index contributed by atoms with van der Waals surface area (Å²) in [6, 6.07) is 5.87. The summed E-state index contributed by atoms with van der Waals surface area (Å²) in [7, 11) is 0. The molecular formula is C17H26FN3. The van der Waals surface area contributed by atoms with Crippen LogP contribution in [0.25, 0.3) is 0 Å². The lowest BCUT2D eigenvalue weighted by Gasteiger charge is -2.46. The molecule has 0 spiro atoms. The van der Waals surface area contributed by atoms with Crippen molar-refractivity contribution in [1.29, 1.82) is 0 Å². The molecule has 2 heterocycles. The zero-order chi connectivity index (χ0) is 14.8. The van der Waals surface area contributed by atoms with Gasteiger partial charge in [-0.25, -0.2) is 4.39 Å². The van der Waals surface area contributed by atoms with Crippen LogP contribution in [0, 0.1) is 12.7 Å². The molecule has 2 N–H and O–H groups in total.